The van der Waals surface area contributed by atoms with E-state index in [1.807, 2.05) is 11.9 Å². The summed E-state index contributed by atoms with van der Waals surface area (Å²) in [5, 5.41) is 6.71. The number of ether oxygens (including phenoxy) is 1. The molecule has 3 heterocycles. The van der Waals surface area contributed by atoms with Crippen LogP contribution in [0.4, 0.5) is 0 Å². The maximum Gasteiger partial charge on any atom is 0.225 e. The second kappa shape index (κ2) is 11.3. The van der Waals surface area contributed by atoms with E-state index in [2.05, 4.69) is 39.4 Å². The first kappa shape index (κ1) is 23.3. The van der Waals surface area contributed by atoms with Gasteiger partial charge >= 0.3 is 0 Å². The zero-order valence-corrected chi connectivity index (χ0v) is 20.2. The number of hydrogen-bond donors (Lipinski definition) is 1. The van der Waals surface area contributed by atoms with Crippen LogP contribution >= 0.6 is 35.3 Å². The van der Waals surface area contributed by atoms with Gasteiger partial charge in [0, 0.05) is 50.4 Å². The van der Waals surface area contributed by atoms with E-state index in [4.69, 9.17) is 4.74 Å². The highest BCUT2D eigenvalue weighted by Gasteiger charge is 2.30. The summed E-state index contributed by atoms with van der Waals surface area (Å²) in [7, 11) is 1.81. The van der Waals surface area contributed by atoms with Gasteiger partial charge in [-0.15, -0.1) is 35.3 Å². The van der Waals surface area contributed by atoms with Gasteiger partial charge in [0.25, 0.3) is 0 Å². The Labute approximate surface area is 189 Å². The number of amides is 1. The number of guanidine groups is 1. The SMILES string of the molecule is CN=C(NCc1csc(C(C)C)n1)N1CCC(C(=O)N2CCOCC2)CC1.I. The van der Waals surface area contributed by atoms with Gasteiger partial charge in [-0.2, -0.15) is 0 Å². The molecule has 2 aliphatic heterocycles. The number of carbonyl (C=O) groups excluding carboxylic acids is 1. The van der Waals surface area contributed by atoms with Crippen LogP contribution in [-0.2, 0) is 16.1 Å². The highest BCUT2D eigenvalue weighted by atomic mass is 127. The number of piperidine rings is 1. The van der Waals surface area contributed by atoms with Crippen molar-refractivity contribution in [3.05, 3.63) is 16.1 Å². The number of aliphatic imine (C=N–C) groups is 1. The molecule has 7 nitrogen and oxygen atoms in total. The number of carbonyl (C=O) groups is 1. The Balaban J connectivity index is 0.00000280. The van der Waals surface area contributed by atoms with Gasteiger partial charge in [-0.3, -0.25) is 9.79 Å². The van der Waals surface area contributed by atoms with Crippen molar-refractivity contribution in [2.24, 2.45) is 10.9 Å². The first-order valence-corrected chi connectivity index (χ1v) is 10.7. The zero-order chi connectivity index (χ0) is 19.2. The molecule has 1 aromatic heterocycles. The Kier molecular flexibility index (Phi) is 9.42. The van der Waals surface area contributed by atoms with Crippen LogP contribution < -0.4 is 5.32 Å². The fourth-order valence-electron chi connectivity index (χ4n) is 3.55. The standard InChI is InChI=1S/C19H31N5O2S.HI/c1-14(2)17-22-16(13-27-17)12-21-19(20-3)24-6-4-15(5-7-24)18(25)23-8-10-26-11-9-23;/h13-15H,4-12H2,1-3H3,(H,20,21);1H. The quantitative estimate of drug-likeness (QED) is 0.375. The van der Waals surface area contributed by atoms with E-state index in [-0.39, 0.29) is 29.9 Å². The van der Waals surface area contributed by atoms with Crippen molar-refractivity contribution in [1.82, 2.24) is 20.1 Å². The monoisotopic (exact) mass is 521 g/mol. The summed E-state index contributed by atoms with van der Waals surface area (Å²) in [4.78, 5) is 26.0. The van der Waals surface area contributed by atoms with E-state index in [1.54, 1.807) is 11.3 Å². The number of thiazole rings is 1. The third-order valence-corrected chi connectivity index (χ3v) is 6.36. The van der Waals surface area contributed by atoms with E-state index in [9.17, 15) is 4.79 Å². The van der Waals surface area contributed by atoms with Gasteiger partial charge in [-0.1, -0.05) is 13.8 Å². The summed E-state index contributed by atoms with van der Waals surface area (Å²) in [6.45, 7) is 9.51. The fraction of sp³-hybridized carbons (Fsp3) is 0.737. The first-order chi connectivity index (χ1) is 13.1. The van der Waals surface area contributed by atoms with Crippen molar-refractivity contribution < 1.29 is 9.53 Å². The number of rotatable bonds is 4. The Morgan fingerprint density at radius 1 is 1.29 bits per heavy atom. The number of aromatic nitrogens is 1. The lowest BCUT2D eigenvalue weighted by Gasteiger charge is -2.36. The van der Waals surface area contributed by atoms with Crippen molar-refractivity contribution in [2.75, 3.05) is 46.4 Å². The van der Waals surface area contributed by atoms with Crippen LogP contribution in [-0.4, -0.2) is 73.1 Å². The second-order valence-electron chi connectivity index (χ2n) is 7.43. The second-order valence-corrected chi connectivity index (χ2v) is 8.32. The molecule has 28 heavy (non-hydrogen) atoms. The number of likely N-dealkylation sites (tertiary alicyclic amines) is 1. The van der Waals surface area contributed by atoms with Crippen LogP contribution in [0.2, 0.25) is 0 Å². The molecule has 0 unspecified atom stereocenters. The average molecular weight is 521 g/mol. The molecular weight excluding hydrogens is 489 g/mol. The van der Waals surface area contributed by atoms with Gasteiger partial charge in [-0.25, -0.2) is 4.98 Å². The number of nitrogens with zero attached hydrogens (tertiary/aromatic N) is 4. The first-order valence-electron chi connectivity index (χ1n) is 9.85. The Bertz CT molecular complexity index is 653. The number of hydrogen-bond acceptors (Lipinski definition) is 5. The van der Waals surface area contributed by atoms with Gasteiger partial charge in [0.05, 0.1) is 30.5 Å². The van der Waals surface area contributed by atoms with E-state index >= 15 is 0 Å². The van der Waals surface area contributed by atoms with E-state index in [1.165, 1.54) is 5.01 Å². The van der Waals surface area contributed by atoms with Gasteiger partial charge in [0.15, 0.2) is 5.96 Å². The van der Waals surface area contributed by atoms with Crippen molar-refractivity contribution in [1.29, 1.82) is 0 Å². The Morgan fingerprint density at radius 3 is 2.54 bits per heavy atom. The maximum absolute atomic E-state index is 12.7. The molecule has 0 radical (unpaired) electrons. The van der Waals surface area contributed by atoms with E-state index in [0.717, 1.165) is 50.7 Å². The minimum absolute atomic E-state index is 0. The summed E-state index contributed by atoms with van der Waals surface area (Å²) in [6.07, 6.45) is 1.76. The predicted molar refractivity (Wildman–Crippen MR) is 124 cm³/mol. The van der Waals surface area contributed by atoms with Crippen LogP contribution in [0.1, 0.15) is 43.3 Å². The molecule has 1 amide bonds. The molecule has 0 atom stereocenters. The molecule has 1 aromatic rings. The van der Waals surface area contributed by atoms with Crippen molar-refractivity contribution in [3.8, 4) is 0 Å². The zero-order valence-electron chi connectivity index (χ0n) is 17.0. The molecule has 3 rings (SSSR count). The number of nitrogens with one attached hydrogen (secondary N) is 1. The molecule has 2 saturated heterocycles. The predicted octanol–water partition coefficient (Wildman–Crippen LogP) is 2.53. The normalized spacial score (nSPS) is 18.9. The molecule has 0 spiro atoms. The molecule has 9 heteroatoms. The summed E-state index contributed by atoms with van der Waals surface area (Å²) < 4.78 is 5.35. The summed E-state index contributed by atoms with van der Waals surface area (Å²) in [5.74, 6) is 1.78. The topological polar surface area (TPSA) is 70.1 Å². The average Bonchev–Trinajstić information content (AvgIpc) is 3.18. The van der Waals surface area contributed by atoms with Gasteiger partial charge in [0.1, 0.15) is 0 Å². The highest BCUT2D eigenvalue weighted by molar-refractivity contribution is 14.0. The van der Waals surface area contributed by atoms with Gasteiger partial charge < -0.3 is 19.9 Å². The number of halogens is 1. The van der Waals surface area contributed by atoms with Gasteiger partial charge in [-0.05, 0) is 12.8 Å². The van der Waals surface area contributed by atoms with Crippen LogP contribution in [0.3, 0.4) is 0 Å². The molecule has 2 fully saturated rings. The van der Waals surface area contributed by atoms with Crippen molar-refractivity contribution in [2.45, 2.75) is 39.2 Å². The Hall–Kier alpha value is -0.940. The largest absolute Gasteiger partial charge is 0.378 e. The molecule has 0 bridgehead atoms. The van der Waals surface area contributed by atoms with Crippen LogP contribution in [0.15, 0.2) is 10.4 Å². The lowest BCUT2D eigenvalue weighted by Crippen LogP contribution is -2.49. The van der Waals surface area contributed by atoms with E-state index < -0.39 is 0 Å². The maximum atomic E-state index is 12.7. The van der Waals surface area contributed by atoms with Crippen molar-refractivity contribution in [3.63, 3.8) is 0 Å². The molecule has 1 N–H and O–H groups in total. The third kappa shape index (κ3) is 6.03. The summed E-state index contributed by atoms with van der Waals surface area (Å²) in [5.41, 5.74) is 1.06. The van der Waals surface area contributed by atoms with E-state index in [0.29, 0.717) is 31.6 Å². The molecule has 2 aliphatic rings. The van der Waals surface area contributed by atoms with Crippen molar-refractivity contribution >= 4 is 47.2 Å². The Morgan fingerprint density at radius 2 is 1.96 bits per heavy atom. The molecule has 0 saturated carbocycles. The number of morpholine rings is 1. The molecule has 0 aliphatic carbocycles. The fourth-order valence-corrected chi connectivity index (χ4v) is 4.39. The van der Waals surface area contributed by atoms with Gasteiger partial charge in [0.2, 0.25) is 5.91 Å². The van der Waals surface area contributed by atoms with Crippen LogP contribution in [0.5, 0.6) is 0 Å². The lowest BCUT2D eigenvalue weighted by atomic mass is 9.95. The van der Waals surface area contributed by atoms with Crippen LogP contribution in [0.25, 0.3) is 0 Å². The highest BCUT2D eigenvalue weighted by Crippen LogP contribution is 2.21. The smallest absolute Gasteiger partial charge is 0.225 e. The molecule has 0 aromatic carbocycles. The summed E-state index contributed by atoms with van der Waals surface area (Å²) >= 11 is 1.71. The minimum Gasteiger partial charge on any atom is -0.378 e. The summed E-state index contributed by atoms with van der Waals surface area (Å²) in [6, 6.07) is 0. The minimum atomic E-state index is 0. The third-order valence-electron chi connectivity index (χ3n) is 5.17. The molecular formula is C19H32IN5O2S. The van der Waals surface area contributed by atoms with Crippen LogP contribution in [0, 0.1) is 5.92 Å². The molecule has 158 valence electrons. The lowest BCUT2D eigenvalue weighted by molar-refractivity contribution is -0.140.